The Bertz CT molecular complexity index is 323. The maximum absolute atomic E-state index is 11.7. The van der Waals surface area contributed by atoms with Crippen molar-refractivity contribution >= 4 is 17.7 Å². The third kappa shape index (κ3) is 4.13. The topological polar surface area (TPSA) is 69.7 Å². The van der Waals surface area contributed by atoms with Crippen LogP contribution in [0.1, 0.15) is 39.5 Å². The molecule has 1 aliphatic rings. The second-order valence-electron chi connectivity index (χ2n) is 4.44. The highest BCUT2D eigenvalue weighted by atomic mass is 16.5. The van der Waals surface area contributed by atoms with Crippen molar-refractivity contribution < 1.29 is 23.9 Å². The minimum Gasteiger partial charge on any atom is -0.465 e. The molecular weight excluding hydrogens is 236 g/mol. The van der Waals surface area contributed by atoms with E-state index in [1.165, 1.54) is 0 Å². The van der Waals surface area contributed by atoms with Gasteiger partial charge >= 0.3 is 11.9 Å². The second-order valence-corrected chi connectivity index (χ2v) is 4.44. The van der Waals surface area contributed by atoms with Gasteiger partial charge in [-0.3, -0.25) is 14.4 Å². The van der Waals surface area contributed by atoms with Gasteiger partial charge in [-0.2, -0.15) is 0 Å². The summed E-state index contributed by atoms with van der Waals surface area (Å²) in [6, 6.07) is 0. The van der Waals surface area contributed by atoms with Gasteiger partial charge in [-0.25, -0.2) is 0 Å². The molecule has 1 aliphatic carbocycles. The van der Waals surface area contributed by atoms with Gasteiger partial charge in [0.25, 0.3) is 0 Å². The highest BCUT2D eigenvalue weighted by molar-refractivity contribution is 5.84. The number of rotatable bonds is 6. The zero-order valence-corrected chi connectivity index (χ0v) is 10.9. The Balaban J connectivity index is 2.43. The molecule has 1 saturated carbocycles. The first-order valence-corrected chi connectivity index (χ1v) is 6.42. The maximum Gasteiger partial charge on any atom is 0.305 e. The first-order chi connectivity index (χ1) is 8.58. The molecule has 0 aromatic rings. The van der Waals surface area contributed by atoms with Crippen LogP contribution in [0.15, 0.2) is 0 Å². The molecule has 0 amide bonds. The number of ether oxygens (including phenoxy) is 2. The van der Waals surface area contributed by atoms with E-state index in [9.17, 15) is 14.4 Å². The quantitative estimate of drug-likeness (QED) is 0.673. The largest absolute Gasteiger partial charge is 0.465 e. The number of hydrogen-bond acceptors (Lipinski definition) is 5. The number of carbonyl (C=O) groups excluding carboxylic acids is 3. The maximum atomic E-state index is 11.7. The summed E-state index contributed by atoms with van der Waals surface area (Å²) in [6.07, 6.45) is 1.80. The lowest BCUT2D eigenvalue weighted by Gasteiger charge is -2.18. The van der Waals surface area contributed by atoms with E-state index in [-0.39, 0.29) is 42.8 Å². The molecule has 0 aliphatic heterocycles. The number of carbonyl (C=O) groups is 3. The molecule has 0 N–H and O–H groups in total. The molecule has 0 heterocycles. The van der Waals surface area contributed by atoms with Crippen LogP contribution in [0.4, 0.5) is 0 Å². The van der Waals surface area contributed by atoms with Crippen LogP contribution in [0.25, 0.3) is 0 Å². The minimum absolute atomic E-state index is 0.0161. The van der Waals surface area contributed by atoms with Gasteiger partial charge in [-0.1, -0.05) is 13.8 Å². The zero-order chi connectivity index (χ0) is 13.5. The first-order valence-electron chi connectivity index (χ1n) is 6.42. The van der Waals surface area contributed by atoms with Crippen molar-refractivity contribution in [3.8, 4) is 0 Å². The molecule has 0 aromatic carbocycles. The van der Waals surface area contributed by atoms with E-state index in [0.717, 1.165) is 0 Å². The van der Waals surface area contributed by atoms with E-state index in [1.807, 2.05) is 0 Å². The Hall–Kier alpha value is -1.39. The molecule has 0 unspecified atom stereocenters. The van der Waals surface area contributed by atoms with Gasteiger partial charge in [0.15, 0.2) is 0 Å². The van der Waals surface area contributed by atoms with Crippen LogP contribution in [0.2, 0.25) is 0 Å². The van der Waals surface area contributed by atoms with E-state index in [4.69, 9.17) is 9.47 Å². The summed E-state index contributed by atoms with van der Waals surface area (Å²) in [5, 5.41) is 0. The van der Waals surface area contributed by atoms with Gasteiger partial charge in [-0.05, 0) is 6.42 Å². The van der Waals surface area contributed by atoms with Crippen LogP contribution >= 0.6 is 0 Å². The average molecular weight is 256 g/mol. The Morgan fingerprint density at radius 1 is 1.11 bits per heavy atom. The smallest absolute Gasteiger partial charge is 0.305 e. The van der Waals surface area contributed by atoms with Gasteiger partial charge in [0.1, 0.15) is 12.4 Å². The molecule has 18 heavy (non-hydrogen) atoms. The SMILES string of the molecule is CCC(=O)OC[C@@H]1CCC(=O)[C@@H]1COC(=O)CC. The van der Waals surface area contributed by atoms with Gasteiger partial charge in [0, 0.05) is 25.2 Å². The van der Waals surface area contributed by atoms with Crippen LogP contribution < -0.4 is 0 Å². The fourth-order valence-electron chi connectivity index (χ4n) is 1.99. The molecular formula is C13H20O5. The predicted molar refractivity (Wildman–Crippen MR) is 63.7 cm³/mol. The zero-order valence-electron chi connectivity index (χ0n) is 10.9. The second kappa shape index (κ2) is 7.13. The standard InChI is InChI=1S/C13H20O5/c1-3-12(15)17-7-9-5-6-11(14)10(9)8-18-13(16)4-2/h9-10H,3-8H2,1-2H3/t9-,10+/m0/s1. The van der Waals surface area contributed by atoms with Crippen molar-refractivity contribution in [3.63, 3.8) is 0 Å². The van der Waals surface area contributed by atoms with Gasteiger partial charge in [0.05, 0.1) is 12.5 Å². The Kier molecular flexibility index (Phi) is 5.82. The van der Waals surface area contributed by atoms with E-state index < -0.39 is 0 Å². The summed E-state index contributed by atoms with van der Waals surface area (Å²) >= 11 is 0. The molecule has 0 saturated heterocycles. The van der Waals surface area contributed by atoms with Crippen molar-refractivity contribution in [1.82, 2.24) is 0 Å². The average Bonchev–Trinajstić information content (AvgIpc) is 2.73. The number of hydrogen-bond donors (Lipinski definition) is 0. The van der Waals surface area contributed by atoms with Crippen LogP contribution in [0.5, 0.6) is 0 Å². The first kappa shape index (κ1) is 14.7. The molecule has 1 fully saturated rings. The lowest BCUT2D eigenvalue weighted by molar-refractivity contribution is -0.150. The highest BCUT2D eigenvalue weighted by Crippen LogP contribution is 2.29. The molecule has 0 aromatic heterocycles. The molecule has 0 bridgehead atoms. The Morgan fingerprint density at radius 2 is 1.67 bits per heavy atom. The van der Waals surface area contributed by atoms with Crippen molar-refractivity contribution in [2.45, 2.75) is 39.5 Å². The number of Topliss-reactive ketones (excluding diaryl/α,β-unsaturated/α-hetero) is 1. The van der Waals surface area contributed by atoms with Crippen molar-refractivity contribution in [2.75, 3.05) is 13.2 Å². The number of esters is 2. The van der Waals surface area contributed by atoms with Crippen LogP contribution in [-0.4, -0.2) is 30.9 Å². The monoisotopic (exact) mass is 256 g/mol. The van der Waals surface area contributed by atoms with Crippen molar-refractivity contribution in [1.29, 1.82) is 0 Å². The van der Waals surface area contributed by atoms with Crippen molar-refractivity contribution in [2.24, 2.45) is 11.8 Å². The molecule has 1 rings (SSSR count). The normalized spacial score (nSPS) is 22.9. The lowest BCUT2D eigenvalue weighted by atomic mass is 9.97. The van der Waals surface area contributed by atoms with E-state index in [2.05, 4.69) is 0 Å². The highest BCUT2D eigenvalue weighted by Gasteiger charge is 2.36. The fraction of sp³-hybridized carbons (Fsp3) is 0.769. The van der Waals surface area contributed by atoms with Crippen LogP contribution in [0, 0.1) is 11.8 Å². The Labute approximate surface area is 107 Å². The lowest BCUT2D eigenvalue weighted by Crippen LogP contribution is -2.26. The summed E-state index contributed by atoms with van der Waals surface area (Å²) in [5.41, 5.74) is 0. The summed E-state index contributed by atoms with van der Waals surface area (Å²) in [5.74, 6) is -0.808. The summed E-state index contributed by atoms with van der Waals surface area (Å²) in [7, 11) is 0. The van der Waals surface area contributed by atoms with Crippen LogP contribution in [-0.2, 0) is 23.9 Å². The molecule has 5 nitrogen and oxygen atoms in total. The molecule has 5 heteroatoms. The molecule has 102 valence electrons. The van der Waals surface area contributed by atoms with E-state index >= 15 is 0 Å². The molecule has 0 radical (unpaired) electrons. The third-order valence-corrected chi connectivity index (χ3v) is 3.20. The van der Waals surface area contributed by atoms with E-state index in [1.54, 1.807) is 13.8 Å². The number of ketones is 1. The summed E-state index contributed by atoms with van der Waals surface area (Å²) < 4.78 is 10.1. The van der Waals surface area contributed by atoms with Gasteiger partial charge in [0.2, 0.25) is 0 Å². The van der Waals surface area contributed by atoms with Gasteiger partial charge in [-0.15, -0.1) is 0 Å². The van der Waals surface area contributed by atoms with E-state index in [0.29, 0.717) is 25.7 Å². The summed E-state index contributed by atoms with van der Waals surface area (Å²) in [6.45, 7) is 3.79. The van der Waals surface area contributed by atoms with Crippen molar-refractivity contribution in [3.05, 3.63) is 0 Å². The van der Waals surface area contributed by atoms with Crippen LogP contribution in [0.3, 0.4) is 0 Å². The fourth-order valence-corrected chi connectivity index (χ4v) is 1.99. The van der Waals surface area contributed by atoms with Gasteiger partial charge < -0.3 is 9.47 Å². The molecule has 2 atom stereocenters. The minimum atomic E-state index is -0.315. The summed E-state index contributed by atoms with van der Waals surface area (Å²) in [4.78, 5) is 33.8. The predicted octanol–water partition coefficient (Wildman–Crippen LogP) is 1.49. The Morgan fingerprint density at radius 3 is 2.22 bits per heavy atom. The third-order valence-electron chi connectivity index (χ3n) is 3.20. The molecule has 0 spiro atoms.